The fourth-order valence-electron chi connectivity index (χ4n) is 2.07. The molecule has 5 nitrogen and oxygen atoms in total. The van der Waals surface area contributed by atoms with Crippen molar-refractivity contribution in [1.29, 1.82) is 0 Å². The summed E-state index contributed by atoms with van der Waals surface area (Å²) in [4.78, 5) is 0. The molecule has 0 atom stereocenters. The first-order valence-corrected chi connectivity index (χ1v) is 7.07. The summed E-state index contributed by atoms with van der Waals surface area (Å²) in [6.07, 6.45) is 0.643. The molecular formula is C11H16N2O3S. The molecule has 1 aliphatic heterocycles. The molecule has 0 radical (unpaired) electrons. The highest BCUT2D eigenvalue weighted by molar-refractivity contribution is 7.93. The molecular weight excluding hydrogens is 240 g/mol. The highest BCUT2D eigenvalue weighted by Gasteiger charge is 2.31. The van der Waals surface area contributed by atoms with E-state index in [9.17, 15) is 8.42 Å². The Kier molecular flexibility index (Phi) is 3.26. The fourth-order valence-corrected chi connectivity index (χ4v) is 3.68. The molecule has 94 valence electrons. The Morgan fingerprint density at radius 1 is 1.47 bits per heavy atom. The summed E-state index contributed by atoms with van der Waals surface area (Å²) in [6, 6.07) is 5.39. The van der Waals surface area contributed by atoms with Crippen LogP contribution in [-0.4, -0.2) is 27.8 Å². The number of hydrogen-bond donors (Lipinski definition) is 1. The molecule has 6 heteroatoms. The average Bonchev–Trinajstić information content (AvgIpc) is 2.67. The number of rotatable bonds is 3. The third kappa shape index (κ3) is 2.10. The number of ether oxygens (including phenoxy) is 1. The van der Waals surface area contributed by atoms with Crippen LogP contribution in [0.3, 0.4) is 0 Å². The van der Waals surface area contributed by atoms with E-state index in [1.165, 1.54) is 11.4 Å². The van der Waals surface area contributed by atoms with Crippen molar-refractivity contribution in [1.82, 2.24) is 0 Å². The van der Waals surface area contributed by atoms with Gasteiger partial charge in [-0.05, 0) is 18.1 Å². The maximum atomic E-state index is 11.9. The number of nitrogens with zero attached hydrogens (tertiary/aromatic N) is 1. The van der Waals surface area contributed by atoms with E-state index in [0.717, 1.165) is 5.56 Å². The molecule has 0 saturated carbocycles. The summed E-state index contributed by atoms with van der Waals surface area (Å²) in [6.45, 7) is 0.786. The van der Waals surface area contributed by atoms with Crippen molar-refractivity contribution >= 4 is 15.7 Å². The van der Waals surface area contributed by atoms with Gasteiger partial charge in [-0.2, -0.15) is 0 Å². The topological polar surface area (TPSA) is 72.6 Å². The van der Waals surface area contributed by atoms with Gasteiger partial charge in [0, 0.05) is 13.1 Å². The summed E-state index contributed by atoms with van der Waals surface area (Å²) in [7, 11) is -1.68. The molecule has 1 aromatic carbocycles. The van der Waals surface area contributed by atoms with Crippen LogP contribution < -0.4 is 14.8 Å². The summed E-state index contributed by atoms with van der Waals surface area (Å²) < 4.78 is 30.5. The first kappa shape index (κ1) is 12.2. The van der Waals surface area contributed by atoms with E-state index >= 15 is 0 Å². The Morgan fingerprint density at radius 3 is 2.76 bits per heavy atom. The van der Waals surface area contributed by atoms with E-state index in [1.54, 1.807) is 6.07 Å². The van der Waals surface area contributed by atoms with Crippen LogP contribution >= 0.6 is 0 Å². The molecule has 0 amide bonds. The van der Waals surface area contributed by atoms with Crippen LogP contribution in [0.4, 0.5) is 5.69 Å². The van der Waals surface area contributed by atoms with Gasteiger partial charge in [0.05, 0.1) is 18.6 Å². The smallest absolute Gasteiger partial charge is 0.235 e. The van der Waals surface area contributed by atoms with Gasteiger partial charge in [0.2, 0.25) is 10.0 Å². The number of anilines is 1. The Balaban J connectivity index is 2.57. The zero-order chi connectivity index (χ0) is 12.5. The predicted octanol–water partition coefficient (Wildman–Crippen LogP) is 0.694. The van der Waals surface area contributed by atoms with Crippen molar-refractivity contribution in [2.45, 2.75) is 13.0 Å². The highest BCUT2D eigenvalue weighted by Crippen LogP contribution is 2.36. The fraction of sp³-hybridized carbons (Fsp3) is 0.455. The SMILES string of the molecule is COc1cccc(CN)c1N1CCCS1(=O)=O. The number of benzene rings is 1. The van der Waals surface area contributed by atoms with Gasteiger partial charge in [0.25, 0.3) is 0 Å². The minimum Gasteiger partial charge on any atom is -0.495 e. The Hall–Kier alpha value is -1.27. The molecule has 2 N–H and O–H groups in total. The third-order valence-corrected chi connectivity index (χ3v) is 4.71. The summed E-state index contributed by atoms with van der Waals surface area (Å²) in [5, 5.41) is 0. The molecule has 17 heavy (non-hydrogen) atoms. The van der Waals surface area contributed by atoms with Crippen LogP contribution in [0.25, 0.3) is 0 Å². The van der Waals surface area contributed by atoms with Gasteiger partial charge in [0.15, 0.2) is 0 Å². The van der Waals surface area contributed by atoms with E-state index < -0.39 is 10.0 Å². The highest BCUT2D eigenvalue weighted by atomic mass is 32.2. The van der Waals surface area contributed by atoms with Crippen LogP contribution in [0.15, 0.2) is 18.2 Å². The van der Waals surface area contributed by atoms with Crippen molar-refractivity contribution in [3.63, 3.8) is 0 Å². The molecule has 1 fully saturated rings. The normalized spacial score (nSPS) is 18.4. The zero-order valence-electron chi connectivity index (χ0n) is 9.72. The second-order valence-corrected chi connectivity index (χ2v) is 5.93. The van der Waals surface area contributed by atoms with E-state index in [2.05, 4.69) is 0 Å². The van der Waals surface area contributed by atoms with Crippen LogP contribution in [0, 0.1) is 0 Å². The predicted molar refractivity (Wildman–Crippen MR) is 66.6 cm³/mol. The van der Waals surface area contributed by atoms with Crippen molar-refractivity contribution in [2.75, 3.05) is 23.7 Å². The van der Waals surface area contributed by atoms with Crippen molar-refractivity contribution < 1.29 is 13.2 Å². The van der Waals surface area contributed by atoms with Gasteiger partial charge in [-0.3, -0.25) is 4.31 Å². The minimum atomic E-state index is -3.21. The van der Waals surface area contributed by atoms with Crippen LogP contribution in [0.2, 0.25) is 0 Å². The molecule has 0 aromatic heterocycles. The summed E-state index contributed by atoms with van der Waals surface area (Å²) in [5.74, 6) is 0.744. The number of methoxy groups -OCH3 is 1. The molecule has 1 aromatic rings. The van der Waals surface area contributed by atoms with Crippen LogP contribution in [0.1, 0.15) is 12.0 Å². The van der Waals surface area contributed by atoms with Gasteiger partial charge in [-0.25, -0.2) is 8.42 Å². The number of hydrogen-bond acceptors (Lipinski definition) is 4. The molecule has 0 unspecified atom stereocenters. The van der Waals surface area contributed by atoms with Gasteiger partial charge in [-0.1, -0.05) is 12.1 Å². The molecule has 1 aliphatic rings. The number of sulfonamides is 1. The van der Waals surface area contributed by atoms with Crippen LogP contribution in [0.5, 0.6) is 5.75 Å². The number of nitrogens with two attached hydrogens (primary N) is 1. The van der Waals surface area contributed by atoms with Gasteiger partial charge >= 0.3 is 0 Å². The average molecular weight is 256 g/mol. The second-order valence-electron chi connectivity index (χ2n) is 3.91. The van der Waals surface area contributed by atoms with Gasteiger partial charge in [-0.15, -0.1) is 0 Å². The Bertz CT molecular complexity index is 491. The third-order valence-electron chi connectivity index (χ3n) is 2.87. The standard InChI is InChI=1S/C11H16N2O3S/c1-16-10-5-2-4-9(8-12)11(10)13-6-3-7-17(13,14)15/h2,4-5H,3,6-8,12H2,1H3. The van der Waals surface area contributed by atoms with Gasteiger partial charge in [0.1, 0.15) is 5.75 Å². The van der Waals surface area contributed by atoms with Crippen molar-refractivity contribution in [3.8, 4) is 5.75 Å². The molecule has 0 spiro atoms. The maximum Gasteiger partial charge on any atom is 0.235 e. The monoisotopic (exact) mass is 256 g/mol. The quantitative estimate of drug-likeness (QED) is 0.863. The molecule has 0 bridgehead atoms. The minimum absolute atomic E-state index is 0.190. The Labute approximate surface area is 101 Å². The molecule has 0 aliphatic carbocycles. The summed E-state index contributed by atoms with van der Waals surface area (Å²) in [5.41, 5.74) is 7.03. The molecule has 1 heterocycles. The lowest BCUT2D eigenvalue weighted by Crippen LogP contribution is -2.27. The van der Waals surface area contributed by atoms with Crippen LogP contribution in [-0.2, 0) is 16.6 Å². The van der Waals surface area contributed by atoms with Crippen molar-refractivity contribution in [2.24, 2.45) is 5.73 Å². The molecule has 1 saturated heterocycles. The number of para-hydroxylation sites is 1. The second kappa shape index (κ2) is 4.54. The first-order valence-electron chi connectivity index (χ1n) is 5.46. The first-order chi connectivity index (χ1) is 8.10. The largest absolute Gasteiger partial charge is 0.495 e. The van der Waals surface area contributed by atoms with Crippen molar-refractivity contribution in [3.05, 3.63) is 23.8 Å². The van der Waals surface area contributed by atoms with E-state index in [4.69, 9.17) is 10.5 Å². The summed E-state index contributed by atoms with van der Waals surface area (Å²) >= 11 is 0. The lowest BCUT2D eigenvalue weighted by atomic mass is 10.1. The van der Waals surface area contributed by atoms with E-state index in [0.29, 0.717) is 30.9 Å². The maximum absolute atomic E-state index is 11.9. The van der Waals surface area contributed by atoms with E-state index in [-0.39, 0.29) is 5.75 Å². The van der Waals surface area contributed by atoms with Gasteiger partial charge < -0.3 is 10.5 Å². The molecule has 2 rings (SSSR count). The van der Waals surface area contributed by atoms with E-state index in [1.807, 2.05) is 12.1 Å². The lowest BCUT2D eigenvalue weighted by Gasteiger charge is -2.22. The Morgan fingerprint density at radius 2 is 2.24 bits per heavy atom. The lowest BCUT2D eigenvalue weighted by molar-refractivity contribution is 0.415. The zero-order valence-corrected chi connectivity index (χ0v) is 10.5.